The molecule has 3 heterocycles. The van der Waals surface area contributed by atoms with Gasteiger partial charge in [0.05, 0.1) is 26.2 Å². The van der Waals surface area contributed by atoms with Gasteiger partial charge in [-0.1, -0.05) is 30.3 Å². The fraction of sp³-hybridized carbons (Fsp3) is 0.450. The van der Waals surface area contributed by atoms with Crippen LogP contribution in [-0.2, 0) is 12.8 Å². The molecular formula is C20H23N2O2+. The highest BCUT2D eigenvalue weighted by molar-refractivity contribution is 6.10. The third-order valence-corrected chi connectivity index (χ3v) is 6.35. The van der Waals surface area contributed by atoms with E-state index in [0.29, 0.717) is 13.1 Å². The van der Waals surface area contributed by atoms with Gasteiger partial charge in [-0.05, 0) is 34.7 Å². The molecular weight excluding hydrogens is 300 g/mol. The minimum absolute atomic E-state index is 0.230. The van der Waals surface area contributed by atoms with Gasteiger partial charge in [0.25, 0.3) is 0 Å². The third kappa shape index (κ3) is 2.07. The van der Waals surface area contributed by atoms with Crippen molar-refractivity contribution in [2.45, 2.75) is 19.1 Å². The topological polar surface area (TPSA) is 40.5 Å². The number of aliphatic hydroxyl groups excluding tert-OH is 1. The maximum atomic E-state index is 13.1. The standard InChI is InChI=1S/C20H23N2O2/c23-18(12-22-10-8-21(9-11-22)19(24)13-22)16-7-6-15-5-4-14-2-1-3-17(16)20(14)15/h1-3,6-7,19,24H,4-5,8-13H2/q+1. The first kappa shape index (κ1) is 14.6. The number of hydrogen-bond donors (Lipinski definition) is 1. The van der Waals surface area contributed by atoms with Crippen LogP contribution in [0.25, 0.3) is 10.8 Å². The molecule has 3 aliphatic heterocycles. The monoisotopic (exact) mass is 323 g/mol. The molecule has 1 unspecified atom stereocenters. The molecule has 0 spiro atoms. The van der Waals surface area contributed by atoms with Crippen molar-refractivity contribution in [2.24, 2.45) is 0 Å². The molecule has 0 aromatic heterocycles. The summed E-state index contributed by atoms with van der Waals surface area (Å²) in [6.45, 7) is 4.96. The number of benzene rings is 2. The van der Waals surface area contributed by atoms with Gasteiger partial charge in [-0.2, -0.15) is 0 Å². The lowest BCUT2D eigenvalue weighted by molar-refractivity contribution is -0.940. The molecule has 1 atom stereocenters. The van der Waals surface area contributed by atoms with Crippen LogP contribution in [0, 0.1) is 0 Å². The molecule has 24 heavy (non-hydrogen) atoms. The molecule has 4 heteroatoms. The van der Waals surface area contributed by atoms with Gasteiger partial charge >= 0.3 is 0 Å². The van der Waals surface area contributed by atoms with E-state index in [0.717, 1.165) is 54.5 Å². The van der Waals surface area contributed by atoms with Gasteiger partial charge in [0, 0.05) is 5.56 Å². The number of Topliss-reactive ketones (excluding diaryl/α,β-unsaturated/α-hetero) is 1. The van der Waals surface area contributed by atoms with Gasteiger partial charge in [-0.3, -0.25) is 9.69 Å². The van der Waals surface area contributed by atoms with E-state index in [2.05, 4.69) is 29.2 Å². The molecule has 2 aromatic carbocycles. The van der Waals surface area contributed by atoms with Crippen molar-refractivity contribution in [1.82, 2.24) is 4.90 Å². The van der Waals surface area contributed by atoms with E-state index in [1.54, 1.807) is 0 Å². The number of nitrogens with zero attached hydrogens (tertiary/aromatic N) is 2. The van der Waals surface area contributed by atoms with Gasteiger partial charge in [-0.15, -0.1) is 0 Å². The zero-order chi connectivity index (χ0) is 16.3. The smallest absolute Gasteiger partial charge is 0.217 e. The number of rotatable bonds is 3. The molecule has 2 aromatic rings. The minimum Gasteiger partial charge on any atom is -0.373 e. The highest BCUT2D eigenvalue weighted by Gasteiger charge is 2.45. The van der Waals surface area contributed by atoms with Crippen LogP contribution in [0.4, 0.5) is 0 Å². The van der Waals surface area contributed by atoms with Crippen LogP contribution >= 0.6 is 0 Å². The Labute approximate surface area is 141 Å². The first-order valence-electron chi connectivity index (χ1n) is 8.99. The zero-order valence-corrected chi connectivity index (χ0v) is 13.9. The van der Waals surface area contributed by atoms with E-state index in [1.807, 2.05) is 6.07 Å². The van der Waals surface area contributed by atoms with Crippen molar-refractivity contribution in [2.75, 3.05) is 39.3 Å². The largest absolute Gasteiger partial charge is 0.373 e. The van der Waals surface area contributed by atoms with Crippen LogP contribution in [0.3, 0.4) is 0 Å². The number of aryl methyl sites for hydroxylation is 2. The molecule has 3 fully saturated rings. The number of carbonyl (C=O) groups excluding carboxylic acids is 1. The summed E-state index contributed by atoms with van der Waals surface area (Å²) >= 11 is 0. The molecule has 2 bridgehead atoms. The first-order valence-corrected chi connectivity index (χ1v) is 8.99. The zero-order valence-electron chi connectivity index (χ0n) is 13.9. The summed E-state index contributed by atoms with van der Waals surface area (Å²) in [6, 6.07) is 10.6. The number of aliphatic hydroxyl groups is 1. The Morgan fingerprint density at radius 1 is 1.12 bits per heavy atom. The summed E-state index contributed by atoms with van der Waals surface area (Å²) in [5, 5.41) is 12.6. The normalized spacial score (nSPS) is 30.9. The lowest BCUT2D eigenvalue weighted by atomic mass is 9.96. The summed E-state index contributed by atoms with van der Waals surface area (Å²) in [5.41, 5.74) is 3.63. The predicted molar refractivity (Wildman–Crippen MR) is 93.0 cm³/mol. The van der Waals surface area contributed by atoms with E-state index in [1.165, 1.54) is 16.5 Å². The van der Waals surface area contributed by atoms with Gasteiger partial charge in [0.1, 0.15) is 13.1 Å². The van der Waals surface area contributed by atoms with Crippen molar-refractivity contribution in [1.29, 1.82) is 0 Å². The molecule has 1 aliphatic carbocycles. The van der Waals surface area contributed by atoms with Crippen LogP contribution in [0.5, 0.6) is 0 Å². The number of ketones is 1. The second-order valence-corrected chi connectivity index (χ2v) is 7.68. The number of quaternary nitrogens is 1. The summed E-state index contributed by atoms with van der Waals surface area (Å²) in [5.74, 6) is 0.230. The first-order chi connectivity index (χ1) is 11.7. The summed E-state index contributed by atoms with van der Waals surface area (Å²) in [4.78, 5) is 15.3. The summed E-state index contributed by atoms with van der Waals surface area (Å²) in [6.07, 6.45) is 1.80. The van der Waals surface area contributed by atoms with Crippen LogP contribution in [-0.4, -0.2) is 65.8 Å². The SMILES string of the molecule is O=C(C[N+]12CCN(CC1)C(O)C2)c1ccc2c3c(cccc13)CC2. The number of piperazine rings is 3. The molecule has 4 nitrogen and oxygen atoms in total. The van der Waals surface area contributed by atoms with Gasteiger partial charge in [0.2, 0.25) is 5.78 Å². The predicted octanol–water partition coefficient (Wildman–Crippen LogP) is 1.59. The highest BCUT2D eigenvalue weighted by Crippen LogP contribution is 2.33. The van der Waals surface area contributed by atoms with Crippen LogP contribution in [0.2, 0.25) is 0 Å². The third-order valence-electron chi connectivity index (χ3n) is 6.35. The Morgan fingerprint density at radius 2 is 1.88 bits per heavy atom. The molecule has 124 valence electrons. The van der Waals surface area contributed by atoms with Crippen molar-refractivity contribution in [3.05, 3.63) is 47.0 Å². The minimum atomic E-state index is -0.381. The van der Waals surface area contributed by atoms with Gasteiger partial charge in [0.15, 0.2) is 6.23 Å². The lowest BCUT2D eigenvalue weighted by Gasteiger charge is -2.52. The van der Waals surface area contributed by atoms with Crippen molar-refractivity contribution in [3.8, 4) is 0 Å². The van der Waals surface area contributed by atoms with E-state index >= 15 is 0 Å². The van der Waals surface area contributed by atoms with Crippen LogP contribution in [0.15, 0.2) is 30.3 Å². The number of hydrogen-bond acceptors (Lipinski definition) is 3. The van der Waals surface area contributed by atoms with Crippen LogP contribution in [0.1, 0.15) is 21.5 Å². The number of carbonyl (C=O) groups is 1. The van der Waals surface area contributed by atoms with Gasteiger partial charge < -0.3 is 9.59 Å². The highest BCUT2D eigenvalue weighted by atomic mass is 16.3. The van der Waals surface area contributed by atoms with Gasteiger partial charge in [-0.25, -0.2) is 0 Å². The summed E-state index contributed by atoms with van der Waals surface area (Å²) < 4.78 is 0.749. The van der Waals surface area contributed by atoms with Crippen molar-refractivity contribution >= 4 is 16.6 Å². The molecule has 1 N–H and O–H groups in total. The Morgan fingerprint density at radius 3 is 2.62 bits per heavy atom. The second kappa shape index (κ2) is 5.12. The lowest BCUT2D eigenvalue weighted by Crippen LogP contribution is -2.71. The Hall–Kier alpha value is -1.75. The fourth-order valence-electron chi connectivity index (χ4n) is 4.95. The average molecular weight is 323 g/mol. The quantitative estimate of drug-likeness (QED) is 0.689. The molecule has 6 rings (SSSR count). The summed E-state index contributed by atoms with van der Waals surface area (Å²) in [7, 11) is 0. The molecule has 0 amide bonds. The van der Waals surface area contributed by atoms with E-state index in [-0.39, 0.29) is 12.0 Å². The Balaban J connectivity index is 1.51. The molecule has 4 aliphatic rings. The van der Waals surface area contributed by atoms with Crippen LogP contribution < -0.4 is 0 Å². The Bertz CT molecular complexity index is 827. The van der Waals surface area contributed by atoms with Crippen molar-refractivity contribution in [3.63, 3.8) is 0 Å². The van der Waals surface area contributed by atoms with Crippen molar-refractivity contribution < 1.29 is 14.4 Å². The van der Waals surface area contributed by atoms with E-state index in [9.17, 15) is 9.90 Å². The Kier molecular flexibility index (Phi) is 3.11. The molecule has 3 saturated heterocycles. The number of fused-ring (bicyclic) bond motifs is 3. The van der Waals surface area contributed by atoms with E-state index in [4.69, 9.17) is 0 Å². The fourth-order valence-corrected chi connectivity index (χ4v) is 4.95. The maximum Gasteiger partial charge on any atom is 0.217 e. The second-order valence-electron chi connectivity index (χ2n) is 7.68. The molecule has 0 saturated carbocycles. The average Bonchev–Trinajstić information content (AvgIpc) is 3.01. The maximum absolute atomic E-state index is 13.1. The molecule has 0 radical (unpaired) electrons. The van der Waals surface area contributed by atoms with E-state index < -0.39 is 0 Å².